The second-order valence-corrected chi connectivity index (χ2v) is 4.98. The second-order valence-electron chi connectivity index (χ2n) is 4.98. The molecular formula is C11H19NO. The molecule has 2 aliphatic rings. The van der Waals surface area contributed by atoms with Gasteiger partial charge in [-0.15, -0.1) is 0 Å². The number of hydrogen-bond donors (Lipinski definition) is 1. The monoisotopic (exact) mass is 181 g/mol. The lowest BCUT2D eigenvalue weighted by atomic mass is 9.79. The van der Waals surface area contributed by atoms with E-state index in [-0.39, 0.29) is 5.54 Å². The molecule has 2 saturated carbocycles. The number of carbonyl (C=O) groups excluding carboxylic acids is 1. The Labute approximate surface area is 79.9 Å². The van der Waals surface area contributed by atoms with Crippen molar-refractivity contribution in [2.75, 3.05) is 0 Å². The van der Waals surface area contributed by atoms with Gasteiger partial charge in [-0.2, -0.15) is 0 Å². The fraction of sp³-hybridized carbons (Fsp3) is 0.909. The molecule has 0 aromatic rings. The fourth-order valence-corrected chi connectivity index (χ4v) is 2.31. The Morgan fingerprint density at radius 2 is 1.77 bits per heavy atom. The third kappa shape index (κ3) is 1.78. The SMILES string of the molecule is CC1CCC(C(=O)C2(N)CC2)CC1. The van der Waals surface area contributed by atoms with E-state index in [1.54, 1.807) is 0 Å². The molecule has 0 unspecified atom stereocenters. The first-order chi connectivity index (χ1) is 6.12. The fourth-order valence-electron chi connectivity index (χ4n) is 2.31. The van der Waals surface area contributed by atoms with Crippen LogP contribution in [0.3, 0.4) is 0 Å². The highest BCUT2D eigenvalue weighted by Crippen LogP contribution is 2.40. The molecule has 13 heavy (non-hydrogen) atoms. The van der Waals surface area contributed by atoms with E-state index >= 15 is 0 Å². The number of carbonyl (C=O) groups is 1. The highest BCUT2D eigenvalue weighted by Gasteiger charge is 2.48. The van der Waals surface area contributed by atoms with Crippen molar-refractivity contribution >= 4 is 5.78 Å². The van der Waals surface area contributed by atoms with Crippen LogP contribution < -0.4 is 5.73 Å². The molecule has 0 saturated heterocycles. The van der Waals surface area contributed by atoms with Crippen molar-refractivity contribution in [2.24, 2.45) is 17.6 Å². The van der Waals surface area contributed by atoms with Crippen LogP contribution in [0.1, 0.15) is 45.4 Å². The van der Waals surface area contributed by atoms with Crippen LogP contribution in [-0.4, -0.2) is 11.3 Å². The molecule has 2 N–H and O–H groups in total. The molecule has 0 aromatic carbocycles. The van der Waals surface area contributed by atoms with Crippen LogP contribution in [0.25, 0.3) is 0 Å². The Bertz CT molecular complexity index is 212. The maximum atomic E-state index is 11.9. The van der Waals surface area contributed by atoms with Gasteiger partial charge in [0.1, 0.15) is 0 Å². The van der Waals surface area contributed by atoms with Crippen LogP contribution in [-0.2, 0) is 4.79 Å². The van der Waals surface area contributed by atoms with E-state index in [9.17, 15) is 4.79 Å². The summed E-state index contributed by atoms with van der Waals surface area (Å²) in [4.78, 5) is 11.9. The third-order valence-electron chi connectivity index (χ3n) is 3.67. The standard InChI is InChI=1S/C11H19NO/c1-8-2-4-9(5-3-8)10(13)11(12)6-7-11/h8-9H,2-7,12H2,1H3. The summed E-state index contributed by atoms with van der Waals surface area (Å²) in [5.74, 6) is 1.47. The van der Waals surface area contributed by atoms with Gasteiger partial charge in [-0.25, -0.2) is 0 Å². The van der Waals surface area contributed by atoms with E-state index in [1.807, 2.05) is 0 Å². The molecule has 0 bridgehead atoms. The summed E-state index contributed by atoms with van der Waals surface area (Å²) in [6.45, 7) is 2.27. The Morgan fingerprint density at radius 3 is 2.23 bits per heavy atom. The van der Waals surface area contributed by atoms with Crippen molar-refractivity contribution in [3.05, 3.63) is 0 Å². The molecular weight excluding hydrogens is 162 g/mol. The van der Waals surface area contributed by atoms with E-state index in [4.69, 9.17) is 5.73 Å². The van der Waals surface area contributed by atoms with Gasteiger partial charge >= 0.3 is 0 Å². The highest BCUT2D eigenvalue weighted by molar-refractivity contribution is 5.92. The number of nitrogens with two attached hydrogens (primary N) is 1. The summed E-state index contributed by atoms with van der Waals surface area (Å²) in [6, 6.07) is 0. The van der Waals surface area contributed by atoms with Crippen LogP contribution in [0.2, 0.25) is 0 Å². The summed E-state index contributed by atoms with van der Waals surface area (Å²) in [5.41, 5.74) is 5.52. The molecule has 0 radical (unpaired) electrons. The first-order valence-corrected chi connectivity index (χ1v) is 5.45. The van der Waals surface area contributed by atoms with Gasteiger partial charge < -0.3 is 5.73 Å². The number of hydrogen-bond acceptors (Lipinski definition) is 2. The van der Waals surface area contributed by atoms with Gasteiger partial charge in [0, 0.05) is 5.92 Å². The zero-order chi connectivity index (χ0) is 9.47. The first kappa shape index (κ1) is 9.20. The Balaban J connectivity index is 1.91. The van der Waals surface area contributed by atoms with E-state index in [2.05, 4.69) is 6.92 Å². The maximum absolute atomic E-state index is 11.9. The summed E-state index contributed by atoms with van der Waals surface area (Å²) < 4.78 is 0. The minimum absolute atomic E-state index is 0.295. The van der Waals surface area contributed by atoms with Crippen LogP contribution in [0, 0.1) is 11.8 Å². The molecule has 2 fully saturated rings. The molecule has 0 aromatic heterocycles. The third-order valence-corrected chi connectivity index (χ3v) is 3.67. The van der Waals surface area contributed by atoms with Gasteiger partial charge in [-0.3, -0.25) is 4.79 Å². The van der Waals surface area contributed by atoms with Crippen molar-refractivity contribution in [2.45, 2.75) is 51.0 Å². The van der Waals surface area contributed by atoms with Crippen LogP contribution in [0.5, 0.6) is 0 Å². The molecule has 0 heterocycles. The van der Waals surface area contributed by atoms with Crippen molar-refractivity contribution in [1.29, 1.82) is 0 Å². The van der Waals surface area contributed by atoms with Gasteiger partial charge in [0.2, 0.25) is 0 Å². The van der Waals surface area contributed by atoms with Crippen LogP contribution in [0.4, 0.5) is 0 Å². The molecule has 74 valence electrons. The predicted molar refractivity (Wildman–Crippen MR) is 52.3 cm³/mol. The topological polar surface area (TPSA) is 43.1 Å². The molecule has 0 spiro atoms. The van der Waals surface area contributed by atoms with Crippen molar-refractivity contribution in [3.63, 3.8) is 0 Å². The van der Waals surface area contributed by atoms with Crippen LogP contribution >= 0.6 is 0 Å². The normalized spacial score (nSPS) is 37.1. The predicted octanol–water partition coefficient (Wildman–Crippen LogP) is 1.87. The van der Waals surface area contributed by atoms with Gasteiger partial charge in [0.15, 0.2) is 5.78 Å². The Morgan fingerprint density at radius 1 is 1.23 bits per heavy atom. The largest absolute Gasteiger partial charge is 0.319 e. The first-order valence-electron chi connectivity index (χ1n) is 5.45. The minimum atomic E-state index is -0.384. The number of ketones is 1. The summed E-state index contributed by atoms with van der Waals surface area (Å²) in [6.07, 6.45) is 6.45. The van der Waals surface area contributed by atoms with Crippen LogP contribution in [0.15, 0.2) is 0 Å². The lowest BCUT2D eigenvalue weighted by Crippen LogP contribution is -2.39. The quantitative estimate of drug-likeness (QED) is 0.706. The summed E-state index contributed by atoms with van der Waals surface area (Å²) >= 11 is 0. The zero-order valence-corrected chi connectivity index (χ0v) is 8.38. The number of Topliss-reactive ketones (excluding diaryl/α,β-unsaturated/α-hetero) is 1. The average molecular weight is 181 g/mol. The Hall–Kier alpha value is -0.370. The molecule has 0 aliphatic heterocycles. The van der Waals surface area contributed by atoms with E-state index in [0.29, 0.717) is 11.7 Å². The van der Waals surface area contributed by atoms with Crippen molar-refractivity contribution in [1.82, 2.24) is 0 Å². The average Bonchev–Trinajstić information content (AvgIpc) is 2.85. The van der Waals surface area contributed by atoms with E-state index in [0.717, 1.165) is 31.6 Å². The zero-order valence-electron chi connectivity index (χ0n) is 8.38. The second kappa shape index (κ2) is 3.09. The van der Waals surface area contributed by atoms with Gasteiger partial charge in [0.05, 0.1) is 5.54 Å². The highest BCUT2D eigenvalue weighted by atomic mass is 16.1. The van der Waals surface area contributed by atoms with E-state index < -0.39 is 0 Å². The number of rotatable bonds is 2. The van der Waals surface area contributed by atoms with E-state index in [1.165, 1.54) is 12.8 Å². The van der Waals surface area contributed by atoms with Gasteiger partial charge in [-0.05, 0) is 31.6 Å². The Kier molecular flexibility index (Phi) is 2.18. The summed E-state index contributed by atoms with van der Waals surface area (Å²) in [5, 5.41) is 0. The molecule has 2 rings (SSSR count). The molecule has 2 nitrogen and oxygen atoms in total. The molecule has 2 heteroatoms. The lowest BCUT2D eigenvalue weighted by molar-refractivity contribution is -0.126. The smallest absolute Gasteiger partial charge is 0.155 e. The minimum Gasteiger partial charge on any atom is -0.319 e. The molecule has 2 aliphatic carbocycles. The van der Waals surface area contributed by atoms with Gasteiger partial charge in [0.25, 0.3) is 0 Å². The van der Waals surface area contributed by atoms with Crippen molar-refractivity contribution < 1.29 is 4.79 Å². The maximum Gasteiger partial charge on any atom is 0.155 e. The molecule has 0 amide bonds. The van der Waals surface area contributed by atoms with Gasteiger partial charge in [-0.1, -0.05) is 19.8 Å². The lowest BCUT2D eigenvalue weighted by Gasteiger charge is -2.26. The molecule has 0 atom stereocenters. The van der Waals surface area contributed by atoms with Crippen molar-refractivity contribution in [3.8, 4) is 0 Å². The summed E-state index contributed by atoms with van der Waals surface area (Å²) in [7, 11) is 0.